The third kappa shape index (κ3) is 4.11. The Hall–Kier alpha value is -2.40. The lowest BCUT2D eigenvalue weighted by molar-refractivity contribution is 0.512. The van der Waals surface area contributed by atoms with Crippen molar-refractivity contribution in [2.24, 2.45) is 4.99 Å². The second-order valence-electron chi connectivity index (χ2n) is 5.46. The van der Waals surface area contributed by atoms with Gasteiger partial charge in [0.05, 0.1) is 6.26 Å². The van der Waals surface area contributed by atoms with Gasteiger partial charge in [0.15, 0.2) is 5.96 Å². The van der Waals surface area contributed by atoms with E-state index in [1.807, 2.05) is 43.5 Å². The Morgan fingerprint density at radius 2 is 2.21 bits per heavy atom. The van der Waals surface area contributed by atoms with E-state index in [1.165, 1.54) is 10.9 Å². The summed E-state index contributed by atoms with van der Waals surface area (Å²) in [6.45, 7) is 4.16. The molecule has 6 heteroatoms. The first-order valence-electron chi connectivity index (χ1n) is 8.06. The number of H-pyrrole nitrogens is 1. The summed E-state index contributed by atoms with van der Waals surface area (Å²) < 4.78 is 5.31. The average Bonchev–Trinajstić information content (AvgIpc) is 3.22. The van der Waals surface area contributed by atoms with Crippen molar-refractivity contribution in [1.29, 1.82) is 0 Å². The molecule has 1 aromatic carbocycles. The van der Waals surface area contributed by atoms with E-state index in [-0.39, 0.29) is 0 Å². The van der Waals surface area contributed by atoms with E-state index in [4.69, 9.17) is 16.0 Å². The van der Waals surface area contributed by atoms with Crippen LogP contribution in [0.2, 0.25) is 5.02 Å². The minimum absolute atomic E-state index is 0.519. The van der Waals surface area contributed by atoms with Gasteiger partial charge in [0, 0.05) is 35.2 Å². The van der Waals surface area contributed by atoms with Crippen LogP contribution in [-0.2, 0) is 13.0 Å². The summed E-state index contributed by atoms with van der Waals surface area (Å²) in [4.78, 5) is 7.80. The van der Waals surface area contributed by atoms with Crippen LogP contribution in [0.25, 0.3) is 10.9 Å². The molecule has 3 aromatic rings. The third-order valence-corrected chi connectivity index (χ3v) is 3.97. The number of furan rings is 1. The highest BCUT2D eigenvalue weighted by Crippen LogP contribution is 2.22. The molecule has 0 spiro atoms. The molecule has 24 heavy (non-hydrogen) atoms. The van der Waals surface area contributed by atoms with Gasteiger partial charge in [-0.15, -0.1) is 0 Å². The molecular formula is C18H21ClN4O. The summed E-state index contributed by atoms with van der Waals surface area (Å²) >= 11 is 6.10. The molecule has 0 saturated heterocycles. The van der Waals surface area contributed by atoms with Crippen molar-refractivity contribution in [2.75, 3.05) is 13.1 Å². The fraction of sp³-hybridized carbons (Fsp3) is 0.278. The molecule has 0 radical (unpaired) electrons. The Morgan fingerprint density at radius 1 is 1.29 bits per heavy atom. The van der Waals surface area contributed by atoms with E-state index in [9.17, 15) is 0 Å². The molecule has 0 fully saturated rings. The van der Waals surface area contributed by atoms with Gasteiger partial charge in [-0.05, 0) is 49.2 Å². The molecule has 0 amide bonds. The minimum Gasteiger partial charge on any atom is -0.467 e. The van der Waals surface area contributed by atoms with E-state index < -0.39 is 0 Å². The van der Waals surface area contributed by atoms with Gasteiger partial charge in [-0.25, -0.2) is 4.99 Å². The van der Waals surface area contributed by atoms with E-state index in [1.54, 1.807) is 6.26 Å². The van der Waals surface area contributed by atoms with Gasteiger partial charge in [0.1, 0.15) is 12.3 Å². The molecule has 3 rings (SSSR count). The van der Waals surface area contributed by atoms with Crippen LogP contribution in [-0.4, -0.2) is 24.0 Å². The van der Waals surface area contributed by atoms with E-state index in [0.29, 0.717) is 6.54 Å². The van der Waals surface area contributed by atoms with E-state index >= 15 is 0 Å². The molecule has 0 atom stereocenters. The first-order chi connectivity index (χ1) is 11.8. The number of fused-ring (bicyclic) bond motifs is 1. The van der Waals surface area contributed by atoms with Crippen molar-refractivity contribution >= 4 is 28.5 Å². The zero-order chi connectivity index (χ0) is 16.8. The highest BCUT2D eigenvalue weighted by molar-refractivity contribution is 6.31. The van der Waals surface area contributed by atoms with Crippen molar-refractivity contribution in [3.05, 3.63) is 59.1 Å². The normalized spacial score (nSPS) is 11.8. The molecule has 0 saturated carbocycles. The van der Waals surface area contributed by atoms with Crippen LogP contribution in [0.3, 0.4) is 0 Å². The molecular weight excluding hydrogens is 324 g/mol. The van der Waals surface area contributed by atoms with Crippen LogP contribution in [0.4, 0.5) is 0 Å². The molecule has 0 bridgehead atoms. The number of hydrogen-bond donors (Lipinski definition) is 3. The van der Waals surface area contributed by atoms with Crippen LogP contribution in [0.15, 0.2) is 52.2 Å². The van der Waals surface area contributed by atoms with Gasteiger partial charge < -0.3 is 20.0 Å². The summed E-state index contributed by atoms with van der Waals surface area (Å²) in [6, 6.07) is 9.69. The second kappa shape index (κ2) is 7.93. The van der Waals surface area contributed by atoms with Crippen LogP contribution >= 0.6 is 11.6 Å². The number of benzene rings is 1. The number of nitrogens with zero attached hydrogens (tertiary/aromatic N) is 1. The summed E-state index contributed by atoms with van der Waals surface area (Å²) in [5.74, 6) is 1.63. The maximum Gasteiger partial charge on any atom is 0.191 e. The number of aromatic nitrogens is 1. The van der Waals surface area contributed by atoms with Gasteiger partial charge >= 0.3 is 0 Å². The van der Waals surface area contributed by atoms with Crippen molar-refractivity contribution in [2.45, 2.75) is 19.9 Å². The van der Waals surface area contributed by atoms with Crippen LogP contribution in [0, 0.1) is 0 Å². The van der Waals surface area contributed by atoms with Crippen molar-refractivity contribution in [3.63, 3.8) is 0 Å². The predicted molar refractivity (Wildman–Crippen MR) is 98.5 cm³/mol. The minimum atomic E-state index is 0.519. The maximum absolute atomic E-state index is 6.10. The van der Waals surface area contributed by atoms with Gasteiger partial charge in [-0.3, -0.25) is 0 Å². The van der Waals surface area contributed by atoms with Crippen molar-refractivity contribution in [1.82, 2.24) is 15.6 Å². The number of aromatic amines is 1. The van der Waals surface area contributed by atoms with Crippen LogP contribution in [0.5, 0.6) is 0 Å². The van der Waals surface area contributed by atoms with Gasteiger partial charge in [-0.2, -0.15) is 0 Å². The van der Waals surface area contributed by atoms with Crippen LogP contribution < -0.4 is 10.6 Å². The Balaban J connectivity index is 1.60. The average molecular weight is 345 g/mol. The Labute approximate surface area is 146 Å². The Bertz CT molecular complexity index is 808. The first kappa shape index (κ1) is 16.5. The first-order valence-corrected chi connectivity index (χ1v) is 8.44. The Kier molecular flexibility index (Phi) is 5.43. The second-order valence-corrected chi connectivity index (χ2v) is 5.89. The molecule has 5 nitrogen and oxygen atoms in total. The van der Waals surface area contributed by atoms with E-state index in [0.717, 1.165) is 41.8 Å². The summed E-state index contributed by atoms with van der Waals surface area (Å²) in [5, 5.41) is 8.51. The van der Waals surface area contributed by atoms with E-state index in [2.05, 4.69) is 20.6 Å². The molecule has 0 aliphatic rings. The lowest BCUT2D eigenvalue weighted by Crippen LogP contribution is -2.38. The smallest absolute Gasteiger partial charge is 0.191 e. The fourth-order valence-corrected chi connectivity index (χ4v) is 2.75. The van der Waals surface area contributed by atoms with Gasteiger partial charge in [-0.1, -0.05) is 11.6 Å². The maximum atomic E-state index is 6.10. The topological polar surface area (TPSA) is 65.3 Å². The van der Waals surface area contributed by atoms with Gasteiger partial charge in [0.25, 0.3) is 0 Å². The van der Waals surface area contributed by atoms with Crippen molar-refractivity contribution in [3.8, 4) is 0 Å². The monoisotopic (exact) mass is 344 g/mol. The number of aliphatic imine (C=N–C) groups is 1. The predicted octanol–water partition coefficient (Wildman–Crippen LogP) is 3.71. The molecule has 2 aromatic heterocycles. The molecule has 126 valence electrons. The van der Waals surface area contributed by atoms with Crippen molar-refractivity contribution < 1.29 is 4.42 Å². The zero-order valence-corrected chi connectivity index (χ0v) is 14.4. The highest BCUT2D eigenvalue weighted by Gasteiger charge is 2.05. The summed E-state index contributed by atoms with van der Waals surface area (Å²) in [5.41, 5.74) is 2.34. The molecule has 0 aliphatic carbocycles. The molecule has 3 N–H and O–H groups in total. The largest absolute Gasteiger partial charge is 0.467 e. The SMILES string of the molecule is CCNC(=NCc1ccco1)NCCc1c[nH]c2ccc(Cl)cc12. The quantitative estimate of drug-likeness (QED) is 0.471. The van der Waals surface area contributed by atoms with Gasteiger partial charge in [0.2, 0.25) is 0 Å². The Morgan fingerprint density at radius 3 is 3.00 bits per heavy atom. The number of halogens is 1. The number of rotatable bonds is 6. The molecule has 2 heterocycles. The molecule has 0 unspecified atom stereocenters. The molecule has 0 aliphatic heterocycles. The fourth-order valence-electron chi connectivity index (χ4n) is 2.57. The lowest BCUT2D eigenvalue weighted by Gasteiger charge is -2.10. The standard InChI is InChI=1S/C18H21ClN4O/c1-2-20-18(23-12-15-4-3-9-24-15)21-8-7-13-11-22-17-6-5-14(19)10-16(13)17/h3-6,9-11,22H,2,7-8,12H2,1H3,(H2,20,21,23). The third-order valence-electron chi connectivity index (χ3n) is 3.73. The number of nitrogens with one attached hydrogen (secondary N) is 3. The number of guanidine groups is 1. The summed E-state index contributed by atoms with van der Waals surface area (Å²) in [6.07, 6.45) is 4.58. The summed E-state index contributed by atoms with van der Waals surface area (Å²) in [7, 11) is 0. The highest BCUT2D eigenvalue weighted by atomic mass is 35.5. The number of hydrogen-bond acceptors (Lipinski definition) is 2. The van der Waals surface area contributed by atoms with Crippen LogP contribution in [0.1, 0.15) is 18.2 Å². The zero-order valence-electron chi connectivity index (χ0n) is 13.6. The lowest BCUT2D eigenvalue weighted by atomic mass is 10.1.